The first-order valence-electron chi connectivity index (χ1n) is 7.37. The molecule has 0 bridgehead atoms. The molecule has 2 N–H and O–H groups in total. The van der Waals surface area contributed by atoms with E-state index in [1.54, 1.807) is 7.11 Å². The predicted molar refractivity (Wildman–Crippen MR) is 82.5 cm³/mol. The Hall–Kier alpha value is -2.30. The van der Waals surface area contributed by atoms with E-state index in [4.69, 9.17) is 4.74 Å². The number of ketones is 1. The van der Waals surface area contributed by atoms with Crippen LogP contribution in [0.5, 0.6) is 5.75 Å². The number of ether oxygens (including phenoxy) is 1. The van der Waals surface area contributed by atoms with Gasteiger partial charge in [0.2, 0.25) is 0 Å². The van der Waals surface area contributed by atoms with Gasteiger partial charge in [-0.1, -0.05) is 26.0 Å². The predicted octanol–water partition coefficient (Wildman–Crippen LogP) is 2.69. The van der Waals surface area contributed by atoms with Gasteiger partial charge in [0.15, 0.2) is 5.78 Å². The number of methoxy groups -OCH3 is 1. The summed E-state index contributed by atoms with van der Waals surface area (Å²) in [7, 11) is 1.60. The second-order valence-corrected chi connectivity index (χ2v) is 6.64. The van der Waals surface area contributed by atoms with Crippen molar-refractivity contribution in [3.63, 3.8) is 0 Å². The molecular weight excluding hydrogens is 280 g/mol. The molecule has 1 aromatic rings. The average Bonchev–Trinajstić information content (AvgIpc) is 2.44. The van der Waals surface area contributed by atoms with E-state index in [1.807, 2.05) is 38.1 Å². The molecule has 0 spiro atoms. The van der Waals surface area contributed by atoms with Crippen molar-refractivity contribution in [3.05, 3.63) is 41.1 Å². The van der Waals surface area contributed by atoms with E-state index in [9.17, 15) is 9.59 Å². The monoisotopic (exact) mass is 300 g/mol. The molecule has 1 aliphatic heterocycles. The molecule has 0 saturated carbocycles. The van der Waals surface area contributed by atoms with Crippen molar-refractivity contribution in [3.8, 4) is 5.75 Å². The molecule has 0 radical (unpaired) electrons. The number of hydrogen-bond donors (Lipinski definition) is 2. The molecule has 1 aliphatic carbocycles. The number of nitrogens with one attached hydrogen (secondary N) is 2. The topological polar surface area (TPSA) is 67.4 Å². The molecule has 1 aromatic carbocycles. The van der Waals surface area contributed by atoms with Crippen LogP contribution in [0.4, 0.5) is 4.79 Å². The quantitative estimate of drug-likeness (QED) is 0.882. The minimum Gasteiger partial charge on any atom is -0.497 e. The lowest BCUT2D eigenvalue weighted by atomic mass is 9.73. The molecule has 0 saturated heterocycles. The molecule has 1 atom stereocenters. The summed E-state index contributed by atoms with van der Waals surface area (Å²) in [5, 5.41) is 5.67. The van der Waals surface area contributed by atoms with E-state index in [1.165, 1.54) is 0 Å². The number of rotatable bonds is 2. The number of carbonyl (C=O) groups is 2. The zero-order valence-corrected chi connectivity index (χ0v) is 13.0. The number of allylic oxidation sites excluding steroid dienone is 1. The number of hydrogen-bond acceptors (Lipinski definition) is 3. The summed E-state index contributed by atoms with van der Waals surface area (Å²) in [5.74, 6) is 0.794. The molecule has 5 nitrogen and oxygen atoms in total. The smallest absolute Gasteiger partial charge is 0.319 e. The SMILES string of the molecule is COc1cccc(C2NC(=O)NC3=C2C(=O)CC(C)(C)C3)c1. The Morgan fingerprint density at radius 1 is 1.23 bits per heavy atom. The van der Waals surface area contributed by atoms with Crippen molar-refractivity contribution in [2.24, 2.45) is 5.41 Å². The van der Waals surface area contributed by atoms with Gasteiger partial charge in [-0.25, -0.2) is 4.79 Å². The Labute approximate surface area is 129 Å². The Balaban J connectivity index is 2.06. The number of Topliss-reactive ketones (excluding diaryl/α,β-unsaturated/α-hetero) is 1. The van der Waals surface area contributed by atoms with Crippen molar-refractivity contribution in [1.29, 1.82) is 0 Å². The van der Waals surface area contributed by atoms with Gasteiger partial charge in [-0.15, -0.1) is 0 Å². The van der Waals surface area contributed by atoms with E-state index >= 15 is 0 Å². The Morgan fingerprint density at radius 3 is 2.73 bits per heavy atom. The number of urea groups is 1. The van der Waals surface area contributed by atoms with Crippen LogP contribution in [0.2, 0.25) is 0 Å². The lowest BCUT2D eigenvalue weighted by Gasteiger charge is -2.38. The van der Waals surface area contributed by atoms with Crippen LogP contribution < -0.4 is 15.4 Å². The fraction of sp³-hybridized carbons (Fsp3) is 0.412. The minimum atomic E-state index is -0.414. The number of amides is 2. The zero-order valence-electron chi connectivity index (χ0n) is 13.0. The van der Waals surface area contributed by atoms with Crippen LogP contribution in [0.15, 0.2) is 35.5 Å². The van der Waals surface area contributed by atoms with Crippen LogP contribution >= 0.6 is 0 Å². The first-order valence-corrected chi connectivity index (χ1v) is 7.37. The fourth-order valence-electron chi connectivity index (χ4n) is 3.23. The summed E-state index contributed by atoms with van der Waals surface area (Å²) in [5.41, 5.74) is 2.15. The summed E-state index contributed by atoms with van der Waals surface area (Å²) < 4.78 is 5.24. The first kappa shape index (κ1) is 14.6. The van der Waals surface area contributed by atoms with Gasteiger partial charge in [-0.3, -0.25) is 4.79 Å². The van der Waals surface area contributed by atoms with Crippen LogP contribution in [0.25, 0.3) is 0 Å². The Morgan fingerprint density at radius 2 is 2.00 bits per heavy atom. The molecule has 1 heterocycles. The molecule has 1 unspecified atom stereocenters. The van der Waals surface area contributed by atoms with E-state index in [2.05, 4.69) is 10.6 Å². The van der Waals surface area contributed by atoms with Crippen molar-refractivity contribution < 1.29 is 14.3 Å². The summed E-state index contributed by atoms with van der Waals surface area (Å²) in [6, 6.07) is 6.78. The van der Waals surface area contributed by atoms with Crippen LogP contribution in [0.3, 0.4) is 0 Å². The third-order valence-electron chi connectivity index (χ3n) is 4.18. The van der Waals surface area contributed by atoms with Gasteiger partial charge >= 0.3 is 6.03 Å². The van der Waals surface area contributed by atoms with E-state index in [0.717, 1.165) is 11.3 Å². The summed E-state index contributed by atoms with van der Waals surface area (Å²) in [4.78, 5) is 24.6. The molecule has 3 rings (SSSR count). The highest BCUT2D eigenvalue weighted by Crippen LogP contribution is 2.41. The highest BCUT2D eigenvalue weighted by Gasteiger charge is 2.40. The van der Waals surface area contributed by atoms with Gasteiger partial charge in [-0.2, -0.15) is 0 Å². The van der Waals surface area contributed by atoms with E-state index in [-0.39, 0.29) is 17.2 Å². The standard InChI is InChI=1S/C17H20N2O3/c1-17(2)8-12-14(13(20)9-17)15(19-16(21)18-12)10-5-4-6-11(7-10)22-3/h4-7,15H,8-9H2,1-3H3,(H2,18,19,21). The maximum absolute atomic E-state index is 12.6. The average molecular weight is 300 g/mol. The van der Waals surface area contributed by atoms with Gasteiger partial charge < -0.3 is 15.4 Å². The summed E-state index contributed by atoms with van der Waals surface area (Å²) >= 11 is 0. The first-order chi connectivity index (χ1) is 10.4. The van der Waals surface area contributed by atoms with Crippen molar-refractivity contribution >= 4 is 11.8 Å². The van der Waals surface area contributed by atoms with Crippen LogP contribution in [-0.2, 0) is 4.79 Å². The zero-order chi connectivity index (χ0) is 15.9. The molecule has 116 valence electrons. The maximum Gasteiger partial charge on any atom is 0.319 e. The van der Waals surface area contributed by atoms with Crippen molar-refractivity contribution in [1.82, 2.24) is 10.6 Å². The highest BCUT2D eigenvalue weighted by molar-refractivity contribution is 6.01. The van der Waals surface area contributed by atoms with Crippen molar-refractivity contribution in [2.45, 2.75) is 32.7 Å². The van der Waals surface area contributed by atoms with Gasteiger partial charge in [0.1, 0.15) is 5.75 Å². The van der Waals surface area contributed by atoms with Gasteiger partial charge in [0, 0.05) is 17.7 Å². The highest BCUT2D eigenvalue weighted by atomic mass is 16.5. The normalized spacial score (nSPS) is 23.5. The number of benzene rings is 1. The second kappa shape index (κ2) is 5.16. The summed E-state index contributed by atoms with van der Waals surface area (Å²) in [6.07, 6.45) is 1.19. The molecule has 2 aliphatic rings. The number of carbonyl (C=O) groups excluding carboxylic acids is 2. The lowest BCUT2D eigenvalue weighted by molar-refractivity contribution is -0.118. The third kappa shape index (κ3) is 2.58. The molecule has 0 fully saturated rings. The van der Waals surface area contributed by atoms with Crippen LogP contribution in [-0.4, -0.2) is 18.9 Å². The van der Waals surface area contributed by atoms with E-state index < -0.39 is 6.04 Å². The largest absolute Gasteiger partial charge is 0.497 e. The lowest BCUT2D eigenvalue weighted by Crippen LogP contribution is -2.48. The van der Waals surface area contributed by atoms with Gasteiger partial charge in [0.05, 0.1) is 13.2 Å². The molecule has 0 aromatic heterocycles. The second-order valence-electron chi connectivity index (χ2n) is 6.64. The molecule has 5 heteroatoms. The molecule has 22 heavy (non-hydrogen) atoms. The van der Waals surface area contributed by atoms with Crippen molar-refractivity contribution in [2.75, 3.05) is 7.11 Å². The Bertz CT molecular complexity index is 676. The summed E-state index contributed by atoms with van der Waals surface area (Å²) in [6.45, 7) is 4.09. The third-order valence-corrected chi connectivity index (χ3v) is 4.18. The van der Waals surface area contributed by atoms with Crippen LogP contribution in [0.1, 0.15) is 38.3 Å². The minimum absolute atomic E-state index is 0.0894. The van der Waals surface area contributed by atoms with E-state index in [0.29, 0.717) is 24.2 Å². The fourth-order valence-corrected chi connectivity index (χ4v) is 3.23. The molecular formula is C17H20N2O3. The van der Waals surface area contributed by atoms with Crippen LogP contribution in [0, 0.1) is 5.41 Å². The van der Waals surface area contributed by atoms with Gasteiger partial charge in [0.25, 0.3) is 0 Å². The Kier molecular flexibility index (Phi) is 3.43. The molecule has 2 amide bonds. The van der Waals surface area contributed by atoms with Gasteiger partial charge in [-0.05, 0) is 29.5 Å². The maximum atomic E-state index is 12.6.